The minimum atomic E-state index is -0.543. The van der Waals surface area contributed by atoms with Crippen LogP contribution in [-0.2, 0) is 0 Å². The van der Waals surface area contributed by atoms with Crippen LogP contribution in [-0.4, -0.2) is 21.9 Å². The fourth-order valence-corrected chi connectivity index (χ4v) is 3.86. The Morgan fingerprint density at radius 3 is 2.90 bits per heavy atom. The molecule has 114 valence electrons. The summed E-state index contributed by atoms with van der Waals surface area (Å²) in [5.74, 6) is 0.569. The lowest BCUT2D eigenvalue weighted by atomic mass is 9.79. The van der Waals surface area contributed by atoms with Crippen LogP contribution in [0.2, 0.25) is 0 Å². The Balaban J connectivity index is 1.96. The lowest BCUT2D eigenvalue weighted by molar-refractivity contribution is 0.0281. The molecule has 0 aromatic rings. The standard InChI is InChI=1S/C18H30O2/c1-3-5-11-18(20,4-2)12-7-10-17-9-6-8-15(17)13-16(19)14-17/h6-7,9-10,15-16,19-20H,3-5,8,11-14H2,1-2H3/b10-7+/t15?,16?,17?,18-/m1/s1. The zero-order chi connectivity index (χ0) is 14.6. The van der Waals surface area contributed by atoms with E-state index in [0.717, 1.165) is 51.4 Å². The minimum absolute atomic E-state index is 0.0683. The zero-order valence-electron chi connectivity index (χ0n) is 13.0. The van der Waals surface area contributed by atoms with E-state index in [0.29, 0.717) is 5.92 Å². The quantitative estimate of drug-likeness (QED) is 0.691. The number of hydrogen-bond donors (Lipinski definition) is 2. The highest BCUT2D eigenvalue weighted by atomic mass is 16.3. The van der Waals surface area contributed by atoms with Gasteiger partial charge in [-0.2, -0.15) is 0 Å². The first-order valence-corrected chi connectivity index (χ1v) is 8.29. The third-order valence-corrected chi connectivity index (χ3v) is 5.33. The molecule has 2 heteroatoms. The van der Waals surface area contributed by atoms with Crippen molar-refractivity contribution in [1.82, 2.24) is 0 Å². The summed E-state index contributed by atoms with van der Waals surface area (Å²) in [6, 6.07) is 0. The van der Waals surface area contributed by atoms with Crippen molar-refractivity contribution >= 4 is 0 Å². The predicted molar refractivity (Wildman–Crippen MR) is 83.4 cm³/mol. The molecule has 0 aliphatic heterocycles. The van der Waals surface area contributed by atoms with Crippen LogP contribution in [0.1, 0.15) is 65.2 Å². The van der Waals surface area contributed by atoms with Gasteiger partial charge in [0.1, 0.15) is 0 Å². The second-order valence-electron chi connectivity index (χ2n) is 6.83. The second kappa shape index (κ2) is 6.44. The van der Waals surface area contributed by atoms with Gasteiger partial charge in [0.25, 0.3) is 0 Å². The molecule has 0 amide bonds. The van der Waals surface area contributed by atoms with Gasteiger partial charge in [-0.05, 0) is 44.4 Å². The van der Waals surface area contributed by atoms with Crippen LogP contribution in [0.5, 0.6) is 0 Å². The summed E-state index contributed by atoms with van der Waals surface area (Å²) in [7, 11) is 0. The van der Waals surface area contributed by atoms with Crippen molar-refractivity contribution in [3.05, 3.63) is 24.3 Å². The molecule has 0 aromatic heterocycles. The van der Waals surface area contributed by atoms with Gasteiger partial charge in [-0.3, -0.25) is 0 Å². The van der Waals surface area contributed by atoms with Crippen LogP contribution in [0, 0.1) is 11.3 Å². The van der Waals surface area contributed by atoms with E-state index in [-0.39, 0.29) is 11.5 Å². The highest BCUT2D eigenvalue weighted by Gasteiger charge is 2.45. The lowest BCUT2D eigenvalue weighted by Crippen LogP contribution is -2.27. The first-order valence-electron chi connectivity index (χ1n) is 8.29. The molecule has 3 unspecified atom stereocenters. The molecule has 2 aliphatic carbocycles. The molecule has 1 fully saturated rings. The van der Waals surface area contributed by atoms with Crippen molar-refractivity contribution < 1.29 is 10.2 Å². The summed E-state index contributed by atoms with van der Waals surface area (Å²) in [5, 5.41) is 20.5. The first kappa shape index (κ1) is 15.8. The van der Waals surface area contributed by atoms with Gasteiger partial charge in [0.05, 0.1) is 11.7 Å². The van der Waals surface area contributed by atoms with E-state index in [1.807, 2.05) is 0 Å². The number of hydrogen-bond acceptors (Lipinski definition) is 2. The highest BCUT2D eigenvalue weighted by Crippen LogP contribution is 2.51. The molecule has 20 heavy (non-hydrogen) atoms. The SMILES string of the molecule is CCCC[C@](O)(CC)C/C=C/C12C=CCC1CC(O)C2. The Kier molecular flexibility index (Phi) is 5.09. The largest absolute Gasteiger partial charge is 0.393 e. The van der Waals surface area contributed by atoms with Crippen LogP contribution < -0.4 is 0 Å². The smallest absolute Gasteiger partial charge is 0.0679 e. The molecule has 2 nitrogen and oxygen atoms in total. The highest BCUT2D eigenvalue weighted by molar-refractivity contribution is 5.23. The number of unbranched alkanes of at least 4 members (excludes halogenated alkanes) is 1. The molecule has 2 rings (SSSR count). The Morgan fingerprint density at radius 1 is 1.40 bits per heavy atom. The molecule has 4 atom stereocenters. The number of fused-ring (bicyclic) bond motifs is 1. The average Bonchev–Trinajstić information content (AvgIpc) is 2.92. The predicted octanol–water partition coefficient (Wildman–Crippen LogP) is 3.98. The fraction of sp³-hybridized carbons (Fsp3) is 0.778. The van der Waals surface area contributed by atoms with Gasteiger partial charge < -0.3 is 10.2 Å². The van der Waals surface area contributed by atoms with Gasteiger partial charge in [0.15, 0.2) is 0 Å². The molecular weight excluding hydrogens is 248 g/mol. The van der Waals surface area contributed by atoms with Gasteiger partial charge >= 0.3 is 0 Å². The summed E-state index contributed by atoms with van der Waals surface area (Å²) in [4.78, 5) is 0. The van der Waals surface area contributed by atoms with Gasteiger partial charge in [-0.15, -0.1) is 0 Å². The van der Waals surface area contributed by atoms with Crippen LogP contribution in [0.25, 0.3) is 0 Å². The number of rotatable bonds is 7. The van der Waals surface area contributed by atoms with Gasteiger partial charge in [-0.25, -0.2) is 0 Å². The summed E-state index contributed by atoms with van der Waals surface area (Å²) in [5.41, 5.74) is -0.475. The van der Waals surface area contributed by atoms with Crippen molar-refractivity contribution in [1.29, 1.82) is 0 Å². The molecular formula is C18H30O2. The van der Waals surface area contributed by atoms with E-state index >= 15 is 0 Å². The molecule has 0 aromatic carbocycles. The molecule has 0 bridgehead atoms. The number of aliphatic hydroxyl groups is 2. The molecule has 2 aliphatic rings. The van der Waals surface area contributed by atoms with Crippen molar-refractivity contribution in [2.45, 2.75) is 76.9 Å². The van der Waals surface area contributed by atoms with Gasteiger partial charge in [-0.1, -0.05) is 51.0 Å². The van der Waals surface area contributed by atoms with Gasteiger partial charge in [0.2, 0.25) is 0 Å². The molecule has 1 saturated carbocycles. The number of allylic oxidation sites excluding steroid dienone is 3. The molecule has 0 spiro atoms. The normalized spacial score (nSPS) is 35.6. The molecule has 0 saturated heterocycles. The number of aliphatic hydroxyl groups excluding tert-OH is 1. The minimum Gasteiger partial charge on any atom is -0.393 e. The van der Waals surface area contributed by atoms with Gasteiger partial charge in [0, 0.05) is 5.41 Å². The molecule has 0 radical (unpaired) electrons. The topological polar surface area (TPSA) is 40.5 Å². The van der Waals surface area contributed by atoms with E-state index in [9.17, 15) is 10.2 Å². The van der Waals surface area contributed by atoms with Crippen molar-refractivity contribution in [3.63, 3.8) is 0 Å². The maximum atomic E-state index is 10.6. The summed E-state index contributed by atoms with van der Waals surface area (Å²) in [6.45, 7) is 4.23. The van der Waals surface area contributed by atoms with E-state index in [4.69, 9.17) is 0 Å². The monoisotopic (exact) mass is 278 g/mol. The average molecular weight is 278 g/mol. The third kappa shape index (κ3) is 3.35. The van der Waals surface area contributed by atoms with Crippen molar-refractivity contribution in [2.75, 3.05) is 0 Å². The summed E-state index contributed by atoms with van der Waals surface area (Å²) < 4.78 is 0. The molecule has 0 heterocycles. The van der Waals surface area contributed by atoms with Crippen molar-refractivity contribution in [2.24, 2.45) is 11.3 Å². The Hall–Kier alpha value is -0.600. The zero-order valence-corrected chi connectivity index (χ0v) is 13.0. The third-order valence-electron chi connectivity index (χ3n) is 5.33. The maximum absolute atomic E-state index is 10.6. The maximum Gasteiger partial charge on any atom is 0.0679 e. The molecule has 2 N–H and O–H groups in total. The van der Waals surface area contributed by atoms with E-state index in [2.05, 4.69) is 38.2 Å². The van der Waals surface area contributed by atoms with E-state index in [1.165, 1.54) is 0 Å². The summed E-state index contributed by atoms with van der Waals surface area (Å²) in [6.07, 6.45) is 16.3. The van der Waals surface area contributed by atoms with Crippen LogP contribution >= 0.6 is 0 Å². The van der Waals surface area contributed by atoms with Crippen molar-refractivity contribution in [3.8, 4) is 0 Å². The second-order valence-corrected chi connectivity index (χ2v) is 6.83. The Labute approximate surface area is 123 Å². The van der Waals surface area contributed by atoms with Crippen LogP contribution in [0.15, 0.2) is 24.3 Å². The van der Waals surface area contributed by atoms with Crippen LogP contribution in [0.3, 0.4) is 0 Å². The van der Waals surface area contributed by atoms with E-state index in [1.54, 1.807) is 0 Å². The Morgan fingerprint density at radius 2 is 2.20 bits per heavy atom. The summed E-state index contributed by atoms with van der Waals surface area (Å²) >= 11 is 0. The fourth-order valence-electron chi connectivity index (χ4n) is 3.86. The first-order chi connectivity index (χ1) is 9.53. The van der Waals surface area contributed by atoms with E-state index < -0.39 is 5.60 Å². The van der Waals surface area contributed by atoms with Crippen LogP contribution in [0.4, 0.5) is 0 Å². The Bertz CT molecular complexity index is 374. The lowest BCUT2D eigenvalue weighted by Gasteiger charge is -2.27.